The van der Waals surface area contributed by atoms with Crippen LogP contribution < -0.4 is 0 Å². The number of benzene rings is 1. The van der Waals surface area contributed by atoms with Crippen molar-refractivity contribution in [3.05, 3.63) is 62.3 Å². The standard InChI is InChI=1S/C20H31N5O5Si/c1-20(2,31(3,4)30)11-8-12-22(15-17-9-6-5-7-10-17)13-14-23-16-18(24(26)27)21-19(23)25(28)29/h5-7,9-10,16,30H,8,11-15H2,1-4H3. The third-order valence-electron chi connectivity index (χ3n) is 5.93. The maximum Gasteiger partial charge on any atom is 0.439 e. The molecule has 0 radical (unpaired) electrons. The zero-order chi connectivity index (χ0) is 23.2. The van der Waals surface area contributed by atoms with E-state index >= 15 is 0 Å². The average Bonchev–Trinajstić information content (AvgIpc) is 3.11. The molecule has 0 aliphatic carbocycles. The summed E-state index contributed by atoms with van der Waals surface area (Å²) in [6.07, 6.45) is 2.84. The van der Waals surface area contributed by atoms with Crippen LogP contribution in [0, 0.1) is 20.2 Å². The van der Waals surface area contributed by atoms with Crippen LogP contribution in [0.25, 0.3) is 0 Å². The van der Waals surface area contributed by atoms with Crippen molar-refractivity contribution in [2.24, 2.45) is 0 Å². The summed E-state index contributed by atoms with van der Waals surface area (Å²) in [5, 5.41) is 22.1. The molecule has 0 unspecified atom stereocenters. The summed E-state index contributed by atoms with van der Waals surface area (Å²) in [5.74, 6) is -1.06. The van der Waals surface area contributed by atoms with Gasteiger partial charge >= 0.3 is 11.8 Å². The van der Waals surface area contributed by atoms with E-state index in [4.69, 9.17) is 0 Å². The van der Waals surface area contributed by atoms with Crippen molar-refractivity contribution in [3.63, 3.8) is 0 Å². The van der Waals surface area contributed by atoms with Gasteiger partial charge in [0.15, 0.2) is 14.5 Å². The van der Waals surface area contributed by atoms with Gasteiger partial charge in [-0.25, -0.2) is 4.57 Å². The fourth-order valence-electron chi connectivity index (χ4n) is 3.20. The number of nitro groups is 2. The van der Waals surface area contributed by atoms with Crippen LogP contribution in [0.4, 0.5) is 11.8 Å². The quantitative estimate of drug-likeness (QED) is 0.295. The summed E-state index contributed by atoms with van der Waals surface area (Å²) in [5.41, 5.74) is 1.12. The molecule has 10 nitrogen and oxygen atoms in total. The molecule has 1 N–H and O–H groups in total. The van der Waals surface area contributed by atoms with E-state index in [1.54, 1.807) is 0 Å². The number of imidazole rings is 1. The lowest BCUT2D eigenvalue weighted by Crippen LogP contribution is -2.39. The summed E-state index contributed by atoms with van der Waals surface area (Å²) >= 11 is 0. The fraction of sp³-hybridized carbons (Fsp3) is 0.550. The maximum absolute atomic E-state index is 11.2. The average molecular weight is 450 g/mol. The first-order valence-electron chi connectivity index (χ1n) is 10.3. The van der Waals surface area contributed by atoms with Gasteiger partial charge in [-0.3, -0.25) is 4.90 Å². The van der Waals surface area contributed by atoms with Crippen LogP contribution in [0.2, 0.25) is 18.1 Å². The van der Waals surface area contributed by atoms with Gasteiger partial charge in [-0.05, 0) is 57.9 Å². The predicted molar refractivity (Wildman–Crippen MR) is 120 cm³/mol. The van der Waals surface area contributed by atoms with Crippen LogP contribution >= 0.6 is 0 Å². The Labute approximate surface area is 183 Å². The maximum atomic E-state index is 11.2. The second-order valence-corrected chi connectivity index (χ2v) is 13.4. The van der Waals surface area contributed by atoms with Gasteiger partial charge in [-0.15, -0.1) is 0 Å². The topological polar surface area (TPSA) is 128 Å². The monoisotopic (exact) mass is 449 g/mol. The molecule has 1 aromatic heterocycles. The first kappa shape index (κ1) is 24.6. The van der Waals surface area contributed by atoms with E-state index in [-0.39, 0.29) is 11.6 Å². The summed E-state index contributed by atoms with van der Waals surface area (Å²) in [4.78, 5) is 37.0. The van der Waals surface area contributed by atoms with E-state index in [1.165, 1.54) is 4.57 Å². The minimum absolute atomic E-state index is 0.130. The van der Waals surface area contributed by atoms with Crippen LogP contribution in [0.1, 0.15) is 32.3 Å². The van der Waals surface area contributed by atoms with Gasteiger partial charge in [0.1, 0.15) is 0 Å². The van der Waals surface area contributed by atoms with Crippen molar-refractivity contribution in [3.8, 4) is 0 Å². The van der Waals surface area contributed by atoms with E-state index in [1.807, 2.05) is 43.4 Å². The van der Waals surface area contributed by atoms with E-state index in [0.717, 1.165) is 31.1 Å². The molecule has 0 saturated carbocycles. The Morgan fingerprint density at radius 3 is 2.32 bits per heavy atom. The van der Waals surface area contributed by atoms with Gasteiger partial charge in [0.05, 0.1) is 6.54 Å². The fourth-order valence-corrected chi connectivity index (χ4v) is 3.99. The van der Waals surface area contributed by atoms with Crippen molar-refractivity contribution >= 4 is 20.1 Å². The van der Waals surface area contributed by atoms with Crippen molar-refractivity contribution < 1.29 is 14.6 Å². The van der Waals surface area contributed by atoms with E-state index in [2.05, 4.69) is 23.7 Å². The Morgan fingerprint density at radius 2 is 1.77 bits per heavy atom. The molecule has 0 aliphatic heterocycles. The van der Waals surface area contributed by atoms with Crippen LogP contribution in [0.3, 0.4) is 0 Å². The van der Waals surface area contributed by atoms with Crippen molar-refractivity contribution in [1.82, 2.24) is 14.5 Å². The Hall–Kier alpha value is -2.63. The summed E-state index contributed by atoms with van der Waals surface area (Å²) in [6.45, 7) is 10.2. The highest BCUT2D eigenvalue weighted by Gasteiger charge is 2.37. The lowest BCUT2D eigenvalue weighted by atomic mass is 10.1. The van der Waals surface area contributed by atoms with Crippen molar-refractivity contribution in [2.45, 2.75) is 57.9 Å². The molecule has 2 aromatic rings. The van der Waals surface area contributed by atoms with Crippen molar-refractivity contribution in [1.29, 1.82) is 0 Å². The Morgan fingerprint density at radius 1 is 1.13 bits per heavy atom. The predicted octanol–water partition coefficient (Wildman–Crippen LogP) is 3.96. The third kappa shape index (κ3) is 6.94. The van der Waals surface area contributed by atoms with Gasteiger partial charge in [0.25, 0.3) is 0 Å². The minimum atomic E-state index is -2.30. The normalized spacial score (nSPS) is 12.3. The zero-order valence-electron chi connectivity index (χ0n) is 18.5. The molecule has 1 heterocycles. The Kier molecular flexibility index (Phi) is 8.04. The van der Waals surface area contributed by atoms with Gasteiger partial charge in [-0.1, -0.05) is 44.2 Å². The largest absolute Gasteiger partial charge is 0.439 e. The van der Waals surface area contributed by atoms with E-state index in [9.17, 15) is 25.0 Å². The molecule has 31 heavy (non-hydrogen) atoms. The molecule has 11 heteroatoms. The van der Waals surface area contributed by atoms with Crippen molar-refractivity contribution in [2.75, 3.05) is 13.1 Å². The summed E-state index contributed by atoms with van der Waals surface area (Å²) in [6, 6.07) is 9.90. The SMILES string of the molecule is CC(C)(CCCN(CCn1cc([N+](=O)[O-])nc1[N+](=O)[O-])Cc1ccccc1)[Si](C)(C)O. The summed E-state index contributed by atoms with van der Waals surface area (Å²) in [7, 11) is -2.30. The lowest BCUT2D eigenvalue weighted by molar-refractivity contribution is -0.403. The molecule has 0 bridgehead atoms. The molecule has 0 fully saturated rings. The molecule has 2 rings (SSSR count). The number of hydrogen-bond donors (Lipinski definition) is 1. The van der Waals surface area contributed by atoms with Crippen LogP contribution in [-0.2, 0) is 13.1 Å². The lowest BCUT2D eigenvalue weighted by Gasteiger charge is -2.35. The van der Waals surface area contributed by atoms with Gasteiger partial charge in [0.2, 0.25) is 0 Å². The second kappa shape index (κ2) is 10.1. The molecule has 0 saturated heterocycles. The van der Waals surface area contributed by atoms with Gasteiger partial charge in [0, 0.05) is 13.1 Å². The van der Waals surface area contributed by atoms with Crippen LogP contribution in [0.15, 0.2) is 36.5 Å². The zero-order valence-corrected chi connectivity index (χ0v) is 19.5. The Balaban J connectivity index is 2.10. The highest BCUT2D eigenvalue weighted by Crippen LogP contribution is 2.39. The first-order valence-corrected chi connectivity index (χ1v) is 13.2. The number of aromatic nitrogens is 2. The number of hydrogen-bond acceptors (Lipinski definition) is 7. The molecular weight excluding hydrogens is 418 g/mol. The highest BCUT2D eigenvalue weighted by atomic mass is 28.4. The van der Waals surface area contributed by atoms with Crippen LogP contribution in [0.5, 0.6) is 0 Å². The van der Waals surface area contributed by atoms with E-state index in [0.29, 0.717) is 13.1 Å². The Bertz CT molecular complexity index is 895. The van der Waals surface area contributed by atoms with E-state index < -0.39 is 29.9 Å². The molecule has 1 aromatic carbocycles. The first-order chi connectivity index (χ1) is 14.4. The molecule has 0 spiro atoms. The minimum Gasteiger partial charge on any atom is -0.432 e. The molecule has 0 amide bonds. The number of nitrogens with zero attached hydrogens (tertiary/aromatic N) is 5. The third-order valence-corrected chi connectivity index (χ3v) is 9.49. The van der Waals surface area contributed by atoms with Gasteiger partial charge in [-0.2, -0.15) is 0 Å². The van der Waals surface area contributed by atoms with Crippen LogP contribution in [-0.4, -0.2) is 50.5 Å². The highest BCUT2D eigenvalue weighted by molar-refractivity contribution is 6.72. The second-order valence-electron chi connectivity index (χ2n) is 8.91. The van der Waals surface area contributed by atoms with Gasteiger partial charge < -0.3 is 25.0 Å². The molecule has 170 valence electrons. The molecular formula is C20H31N5O5Si. The summed E-state index contributed by atoms with van der Waals surface area (Å²) < 4.78 is 1.23. The molecule has 0 atom stereocenters. The molecule has 0 aliphatic rings. The number of rotatable bonds is 12. The smallest absolute Gasteiger partial charge is 0.432 e.